The lowest BCUT2D eigenvalue weighted by atomic mass is 9.77. The van der Waals surface area contributed by atoms with E-state index in [2.05, 4.69) is 5.32 Å². The number of aliphatic hydroxyl groups is 3. The summed E-state index contributed by atoms with van der Waals surface area (Å²) in [6, 6.07) is 7.76. The second-order valence-electron chi connectivity index (χ2n) is 23.2. The van der Waals surface area contributed by atoms with Gasteiger partial charge in [-0.25, -0.2) is 4.98 Å². The maximum Gasteiger partial charge on any atom is 0.307 e. The number of phenolic OH excluding ortho intramolecular Hbond substituents is 1. The molecule has 4 aromatic carbocycles. The van der Waals surface area contributed by atoms with E-state index in [0.717, 1.165) is 5.56 Å². The summed E-state index contributed by atoms with van der Waals surface area (Å²) in [5, 5.41) is 49.5. The van der Waals surface area contributed by atoms with Gasteiger partial charge in [0.05, 0.1) is 35.2 Å². The van der Waals surface area contributed by atoms with Crippen molar-refractivity contribution in [2.45, 2.75) is 119 Å². The van der Waals surface area contributed by atoms with E-state index < -0.39 is 113 Å². The summed E-state index contributed by atoms with van der Waals surface area (Å²) >= 11 is 0. The summed E-state index contributed by atoms with van der Waals surface area (Å²) < 4.78 is 37.8. The number of nitrogens with one attached hydrogen (secondary N) is 1. The maximum atomic E-state index is 15.1. The number of nitrogens with zero attached hydrogens (tertiary/aromatic N) is 3. The molecular weight excluding hydrogens is 1080 g/mol. The van der Waals surface area contributed by atoms with Gasteiger partial charge in [0.2, 0.25) is 24.1 Å². The van der Waals surface area contributed by atoms with Crippen molar-refractivity contribution >= 4 is 86.8 Å². The normalized spacial score (nSPS) is 27.1. The first-order valence-electron chi connectivity index (χ1n) is 27.4. The zero-order valence-corrected chi connectivity index (χ0v) is 49.1. The lowest BCUT2D eigenvalue weighted by molar-refractivity contribution is -0.158. The first kappa shape index (κ1) is 60.7. The predicted octanol–water partition coefficient (Wildman–Crippen LogP) is 6.60. The fraction of sp³-hybridized carbons (Fsp3) is 0.459. The van der Waals surface area contributed by atoms with Crippen molar-refractivity contribution in [3.8, 4) is 11.5 Å². The number of ether oxygens (including phenoxy) is 3. The molecule has 0 spiro atoms. The van der Waals surface area contributed by atoms with Crippen LogP contribution in [-0.2, 0) is 38.6 Å². The number of allylic oxidation sites excluding steroid dienone is 3. The minimum absolute atomic E-state index is 0.0277. The Kier molecular flexibility index (Phi) is 17.1. The molecule has 4 aliphatic heterocycles. The molecule has 1 aromatic heterocycles. The fourth-order valence-electron chi connectivity index (χ4n) is 11.5. The monoisotopic (exact) mass is 1150 g/mol. The van der Waals surface area contributed by atoms with E-state index in [4.69, 9.17) is 23.6 Å². The molecule has 5 bridgehead atoms. The number of rotatable bonds is 8. The van der Waals surface area contributed by atoms with Crippen molar-refractivity contribution < 1.29 is 67.7 Å². The van der Waals surface area contributed by atoms with E-state index in [0.29, 0.717) is 30.6 Å². The number of piperazine rings is 1. The number of aldehydes is 1. The Hall–Kier alpha value is -7.38. The minimum Gasteiger partial charge on any atom is -0.507 e. The second-order valence-corrected chi connectivity index (χ2v) is 25.5. The van der Waals surface area contributed by atoms with Crippen LogP contribution >= 0.6 is 7.37 Å². The van der Waals surface area contributed by atoms with Crippen LogP contribution in [0.2, 0.25) is 0 Å². The highest BCUT2D eigenvalue weighted by atomic mass is 31.2. The number of fused-ring (bicyclic) bond motifs is 14. The van der Waals surface area contributed by atoms with Gasteiger partial charge < -0.3 is 63.9 Å². The van der Waals surface area contributed by atoms with Crippen LogP contribution in [0.4, 0.5) is 11.4 Å². The summed E-state index contributed by atoms with van der Waals surface area (Å²) in [6.07, 6.45) is 4.55. The molecule has 2 amide bonds. The third-order valence-corrected chi connectivity index (χ3v) is 18.6. The number of carbonyl (C=O) groups excluding carboxylic acids is 4. The lowest BCUT2D eigenvalue weighted by Gasteiger charge is -2.38. The second kappa shape index (κ2) is 23.1. The van der Waals surface area contributed by atoms with Crippen molar-refractivity contribution in [3.05, 3.63) is 109 Å². The number of phenols is 1. The summed E-state index contributed by atoms with van der Waals surface area (Å²) in [4.78, 5) is 100. The molecule has 82 heavy (non-hydrogen) atoms. The van der Waals surface area contributed by atoms with Crippen LogP contribution in [0.25, 0.3) is 38.7 Å². The number of anilines is 2. The largest absolute Gasteiger partial charge is 0.507 e. The number of hydrogen-bond acceptors (Lipinski definition) is 17. The Balaban J connectivity index is 1.21. The molecule has 438 valence electrons. The zero-order chi connectivity index (χ0) is 60.2. The van der Waals surface area contributed by atoms with Gasteiger partial charge in [0, 0.05) is 104 Å². The Morgan fingerprint density at radius 3 is 2.26 bits per heavy atom. The average molecular weight is 1150 g/mol. The smallest absolute Gasteiger partial charge is 0.307 e. The van der Waals surface area contributed by atoms with Gasteiger partial charge in [-0.1, -0.05) is 72.8 Å². The van der Waals surface area contributed by atoms with Crippen molar-refractivity contribution in [2.75, 3.05) is 42.6 Å². The van der Waals surface area contributed by atoms with Crippen LogP contribution in [0.3, 0.4) is 0 Å². The number of esters is 1. The lowest BCUT2D eigenvalue weighted by Crippen LogP contribution is -2.50. The molecule has 10 atom stereocenters. The Labute approximate surface area is 474 Å². The number of benzene rings is 4. The Bertz CT molecular complexity index is 3750. The molecule has 1 unspecified atom stereocenters. The van der Waals surface area contributed by atoms with Gasteiger partial charge >= 0.3 is 11.8 Å². The minimum atomic E-state index is -3.94. The van der Waals surface area contributed by atoms with E-state index in [1.54, 1.807) is 62.1 Å². The molecular formula is C61H73N4O16P. The molecule has 0 aliphatic carbocycles. The van der Waals surface area contributed by atoms with Gasteiger partial charge in [-0.05, 0) is 67.4 Å². The molecule has 20 nitrogen and oxygen atoms in total. The van der Waals surface area contributed by atoms with Gasteiger partial charge in [0.15, 0.2) is 22.4 Å². The first-order chi connectivity index (χ1) is 38.4. The molecule has 9 rings (SSSR count). The molecule has 0 saturated carbocycles. The SMILES string of the molecule is CC(=O)O[C@H]1[C@H](C)[C@H](O)[C@H](C)[C@@H](O)[C@@H](C)/C=C/C=C(/C)C(=O)Nc2c(=O)c3c(O)c(C)c4c(c3c3nc5c(=O)cc(N6CCN(C(=O)CC(C)(C)c7cc(P(=O)(O)CC=O)ccc7C)CC6)cc5oc23)=C(O)[C@@](C)(O/C=C/[C@H](C)[C@H]1C)O4. The fourth-order valence-corrected chi connectivity index (χ4v) is 12.5. The van der Waals surface area contributed by atoms with Crippen LogP contribution in [-0.4, -0.2) is 116 Å². The summed E-state index contributed by atoms with van der Waals surface area (Å²) in [6.45, 7) is 21.2. The summed E-state index contributed by atoms with van der Waals surface area (Å²) in [5.41, 5.74) is -1.46. The number of carbonyl (C=O) groups is 4. The standard InChI is InChI=1S/C61H73N4O16P/c1-30-18-24-78-61(12)58(74)47-45-46(53(72)37(8)56(47)81-61)54(73)50(63-59(75)33(4)15-13-14-32(3)51(70)35(6)52(71)36(7)55(34(30)5)79-38(9)67)57-49(45)62-48-42(68)26-39(27-43(48)80-57)64-19-21-65(22-20-64)44(69)29-60(10,11)41-28-40(17-16-31(41)2)82(76,77)25-23-66/h13-18,23-24,26-28,30,32,34-36,51-52,55,70-72,74H,19-22,25,29H2,1-12H3,(H,63,75)(H,76,77)/b14-13+,24-18+,33-15-/t30-,32-,34+,35+,36+,51-,52+,55+,61-/m0/s1. The number of aromatic hydroxyl groups is 1. The Morgan fingerprint density at radius 1 is 0.915 bits per heavy atom. The average Bonchev–Trinajstić information content (AvgIpc) is 2.97. The van der Waals surface area contributed by atoms with Crippen LogP contribution in [0, 0.1) is 43.4 Å². The van der Waals surface area contributed by atoms with Crippen LogP contribution in [0.1, 0.15) is 92.3 Å². The third kappa shape index (κ3) is 11.4. The number of aliphatic hydroxyl groups excluding tert-OH is 3. The van der Waals surface area contributed by atoms with Crippen molar-refractivity contribution in [1.29, 1.82) is 0 Å². The van der Waals surface area contributed by atoms with Crippen LogP contribution < -0.4 is 36.3 Å². The van der Waals surface area contributed by atoms with Gasteiger partial charge in [-0.2, -0.15) is 0 Å². The van der Waals surface area contributed by atoms with Crippen LogP contribution in [0.5, 0.6) is 11.5 Å². The molecule has 6 N–H and O–H groups in total. The number of aromatic nitrogens is 1. The highest BCUT2D eigenvalue weighted by Crippen LogP contribution is 2.44. The highest BCUT2D eigenvalue weighted by Gasteiger charge is 2.44. The quantitative estimate of drug-likeness (QED) is 0.0313. The highest BCUT2D eigenvalue weighted by molar-refractivity contribution is 7.66. The molecule has 0 radical (unpaired) electrons. The van der Waals surface area contributed by atoms with Crippen molar-refractivity contribution in [2.24, 2.45) is 29.6 Å². The third-order valence-electron chi connectivity index (χ3n) is 16.8. The van der Waals surface area contributed by atoms with E-state index in [-0.39, 0.29) is 85.8 Å². The predicted molar refractivity (Wildman–Crippen MR) is 311 cm³/mol. The maximum absolute atomic E-state index is 15.1. The van der Waals surface area contributed by atoms with Gasteiger partial charge in [0.25, 0.3) is 5.91 Å². The topological polar surface area (TPSA) is 293 Å². The molecule has 1 saturated heterocycles. The molecule has 5 aromatic rings. The van der Waals surface area contributed by atoms with E-state index >= 15 is 4.79 Å². The van der Waals surface area contributed by atoms with Crippen molar-refractivity contribution in [1.82, 2.24) is 9.88 Å². The Morgan fingerprint density at radius 2 is 1.60 bits per heavy atom. The summed E-state index contributed by atoms with van der Waals surface area (Å²) in [5.74, 6) is -7.42. The van der Waals surface area contributed by atoms with Crippen molar-refractivity contribution in [3.63, 3.8) is 0 Å². The molecule has 1 fully saturated rings. The number of amides is 2. The van der Waals surface area contributed by atoms with Gasteiger partial charge in [0.1, 0.15) is 35.1 Å². The van der Waals surface area contributed by atoms with Gasteiger partial charge in [-0.3, -0.25) is 28.5 Å². The molecule has 5 heterocycles. The molecule has 4 aliphatic rings. The van der Waals surface area contributed by atoms with E-state index in [1.165, 1.54) is 52.2 Å². The number of hydrogen-bond donors (Lipinski definition) is 6. The zero-order valence-electron chi connectivity index (χ0n) is 48.2. The number of aryl methyl sites for hydroxylation is 1. The van der Waals surface area contributed by atoms with E-state index in [1.807, 2.05) is 39.5 Å². The molecule has 21 heteroatoms. The van der Waals surface area contributed by atoms with Gasteiger partial charge in [-0.15, -0.1) is 0 Å². The van der Waals surface area contributed by atoms with Crippen LogP contribution in [0.15, 0.2) is 80.5 Å². The van der Waals surface area contributed by atoms with E-state index in [9.17, 15) is 53.9 Å². The summed E-state index contributed by atoms with van der Waals surface area (Å²) in [7, 11) is -3.94. The first-order valence-corrected chi connectivity index (χ1v) is 29.3.